The van der Waals surface area contributed by atoms with Crippen molar-refractivity contribution in [3.63, 3.8) is 0 Å². The highest BCUT2D eigenvalue weighted by Crippen LogP contribution is 2.31. The number of benzene rings is 2. The Hall–Kier alpha value is -1.81. The Bertz CT molecular complexity index is 627. The van der Waals surface area contributed by atoms with Crippen LogP contribution in [0.3, 0.4) is 0 Å². The van der Waals surface area contributed by atoms with E-state index in [0.29, 0.717) is 0 Å². The molecule has 4 heteroatoms. The zero-order valence-electron chi connectivity index (χ0n) is 8.38. The summed E-state index contributed by atoms with van der Waals surface area (Å²) >= 11 is 4.49. The van der Waals surface area contributed by atoms with E-state index < -0.39 is 0 Å². The largest absolute Gasteiger partial charge is 0.197 e. The third-order valence-electron chi connectivity index (χ3n) is 2.57. The van der Waals surface area contributed by atoms with Crippen molar-refractivity contribution in [3.8, 4) is 11.3 Å². The number of aromatic amines is 1. The molecule has 0 aliphatic carbocycles. The number of fused-ring (bicyclic) bond motifs is 1. The van der Waals surface area contributed by atoms with Gasteiger partial charge in [0.1, 0.15) is 5.69 Å². The van der Waals surface area contributed by atoms with Crippen LogP contribution in [0.5, 0.6) is 0 Å². The third kappa shape index (κ3) is 1.39. The molecule has 0 aliphatic rings. The van der Waals surface area contributed by atoms with Gasteiger partial charge in [-0.2, -0.15) is 15.4 Å². The summed E-state index contributed by atoms with van der Waals surface area (Å²) in [5.41, 5.74) is 1.89. The minimum absolute atomic E-state index is 0.840. The molecule has 0 radical (unpaired) electrons. The molecular formula is C12H9N3S. The second-order valence-corrected chi connectivity index (χ2v) is 4.02. The second kappa shape index (κ2) is 3.64. The summed E-state index contributed by atoms with van der Waals surface area (Å²) in [6.45, 7) is 0. The van der Waals surface area contributed by atoms with Gasteiger partial charge >= 0.3 is 0 Å². The minimum Gasteiger partial charge on any atom is -0.197 e. The normalized spacial score (nSPS) is 10.8. The molecule has 78 valence electrons. The van der Waals surface area contributed by atoms with Gasteiger partial charge in [-0.3, -0.25) is 0 Å². The summed E-state index contributed by atoms with van der Waals surface area (Å²) in [7, 11) is 0. The number of hydrogen-bond acceptors (Lipinski definition) is 3. The molecule has 1 N–H and O–H groups in total. The molecule has 3 aromatic rings. The van der Waals surface area contributed by atoms with Crippen molar-refractivity contribution in [2.24, 2.45) is 0 Å². The van der Waals surface area contributed by atoms with Crippen molar-refractivity contribution in [1.29, 1.82) is 0 Å². The van der Waals surface area contributed by atoms with E-state index in [1.54, 1.807) is 6.20 Å². The maximum Gasteiger partial charge on any atom is 0.113 e. The van der Waals surface area contributed by atoms with Crippen molar-refractivity contribution in [3.05, 3.63) is 42.6 Å². The average Bonchev–Trinajstić information content (AvgIpc) is 2.82. The van der Waals surface area contributed by atoms with Crippen LogP contribution < -0.4 is 0 Å². The van der Waals surface area contributed by atoms with E-state index in [1.165, 1.54) is 0 Å². The van der Waals surface area contributed by atoms with Gasteiger partial charge < -0.3 is 0 Å². The van der Waals surface area contributed by atoms with E-state index in [1.807, 2.05) is 24.3 Å². The maximum atomic E-state index is 4.49. The predicted octanol–water partition coefficient (Wildman–Crippen LogP) is 2.91. The number of rotatable bonds is 1. The standard InChI is InChI=1S/C12H9N3S/c16-11-6-2-4-8-3-1-5-9(12(8)11)10-7-13-15-14-10/h1-7,16H,(H,13,14,15). The molecule has 1 heterocycles. The Labute approximate surface area is 97.9 Å². The Morgan fingerprint density at radius 1 is 1.06 bits per heavy atom. The van der Waals surface area contributed by atoms with Gasteiger partial charge in [-0.05, 0) is 11.5 Å². The highest BCUT2D eigenvalue weighted by atomic mass is 32.1. The second-order valence-electron chi connectivity index (χ2n) is 3.54. The minimum atomic E-state index is 0.840. The topological polar surface area (TPSA) is 41.6 Å². The molecule has 0 unspecified atom stereocenters. The number of H-pyrrole nitrogens is 1. The SMILES string of the molecule is Sc1cccc2cccc(-c3cn[nH]n3)c12. The lowest BCUT2D eigenvalue weighted by atomic mass is 10.0. The molecule has 3 rings (SSSR count). The van der Waals surface area contributed by atoms with E-state index in [2.05, 4.69) is 40.2 Å². The van der Waals surface area contributed by atoms with Gasteiger partial charge in [0.15, 0.2) is 0 Å². The van der Waals surface area contributed by atoms with Gasteiger partial charge in [-0.1, -0.05) is 30.3 Å². The molecule has 0 aliphatic heterocycles. The fourth-order valence-corrected chi connectivity index (χ4v) is 2.20. The zero-order valence-corrected chi connectivity index (χ0v) is 9.28. The number of thiol groups is 1. The molecule has 0 saturated heterocycles. The lowest BCUT2D eigenvalue weighted by molar-refractivity contribution is 0.942. The van der Waals surface area contributed by atoms with Crippen LogP contribution in [-0.4, -0.2) is 15.4 Å². The van der Waals surface area contributed by atoms with Crippen LogP contribution in [0.2, 0.25) is 0 Å². The summed E-state index contributed by atoms with van der Waals surface area (Å²) < 4.78 is 0. The number of aromatic nitrogens is 3. The van der Waals surface area contributed by atoms with Gasteiger partial charge in [0.25, 0.3) is 0 Å². The van der Waals surface area contributed by atoms with Gasteiger partial charge in [0.2, 0.25) is 0 Å². The van der Waals surface area contributed by atoms with Crippen molar-refractivity contribution in [1.82, 2.24) is 15.4 Å². The summed E-state index contributed by atoms with van der Waals surface area (Å²) in [4.78, 5) is 0.955. The molecule has 3 nitrogen and oxygen atoms in total. The highest BCUT2D eigenvalue weighted by Gasteiger charge is 2.07. The maximum absolute atomic E-state index is 4.49. The molecule has 0 spiro atoms. The molecule has 0 atom stereocenters. The van der Waals surface area contributed by atoms with Gasteiger partial charge in [0, 0.05) is 15.8 Å². The molecule has 1 aromatic heterocycles. The fourth-order valence-electron chi connectivity index (χ4n) is 1.87. The zero-order chi connectivity index (χ0) is 11.0. The first-order chi connectivity index (χ1) is 7.86. The van der Waals surface area contributed by atoms with E-state index in [9.17, 15) is 0 Å². The first kappa shape index (κ1) is 9.42. The van der Waals surface area contributed by atoms with Gasteiger partial charge in [-0.25, -0.2) is 0 Å². The smallest absolute Gasteiger partial charge is 0.113 e. The quantitative estimate of drug-likeness (QED) is 0.628. The van der Waals surface area contributed by atoms with Crippen LogP contribution in [-0.2, 0) is 0 Å². The first-order valence-electron chi connectivity index (χ1n) is 4.93. The van der Waals surface area contributed by atoms with Crippen LogP contribution >= 0.6 is 12.6 Å². The number of nitrogens with one attached hydrogen (secondary N) is 1. The Balaban J connectivity index is 2.41. The third-order valence-corrected chi connectivity index (χ3v) is 2.95. The van der Waals surface area contributed by atoms with Gasteiger partial charge in [0.05, 0.1) is 6.20 Å². The molecule has 0 saturated carbocycles. The van der Waals surface area contributed by atoms with E-state index in [-0.39, 0.29) is 0 Å². The molecular weight excluding hydrogens is 218 g/mol. The molecule has 2 aromatic carbocycles. The average molecular weight is 227 g/mol. The fraction of sp³-hybridized carbons (Fsp3) is 0. The predicted molar refractivity (Wildman–Crippen MR) is 66.6 cm³/mol. The van der Waals surface area contributed by atoms with Gasteiger partial charge in [-0.15, -0.1) is 12.6 Å². The lowest BCUT2D eigenvalue weighted by Crippen LogP contribution is -1.83. The van der Waals surface area contributed by atoms with Crippen LogP contribution in [0.1, 0.15) is 0 Å². The first-order valence-corrected chi connectivity index (χ1v) is 5.38. The molecule has 0 amide bonds. The summed E-state index contributed by atoms with van der Waals surface area (Å²) in [5.74, 6) is 0. The van der Waals surface area contributed by atoms with Crippen molar-refractivity contribution in [2.75, 3.05) is 0 Å². The van der Waals surface area contributed by atoms with Crippen molar-refractivity contribution >= 4 is 23.4 Å². The van der Waals surface area contributed by atoms with Crippen LogP contribution in [0.4, 0.5) is 0 Å². The lowest BCUT2D eigenvalue weighted by Gasteiger charge is -2.05. The van der Waals surface area contributed by atoms with E-state index >= 15 is 0 Å². The molecule has 16 heavy (non-hydrogen) atoms. The Morgan fingerprint density at radius 3 is 2.62 bits per heavy atom. The Morgan fingerprint density at radius 2 is 1.88 bits per heavy atom. The number of hydrogen-bond donors (Lipinski definition) is 2. The van der Waals surface area contributed by atoms with Crippen molar-refractivity contribution < 1.29 is 0 Å². The summed E-state index contributed by atoms with van der Waals surface area (Å²) in [5, 5.41) is 12.8. The number of nitrogens with zero attached hydrogens (tertiary/aromatic N) is 2. The Kier molecular flexibility index (Phi) is 2.15. The molecule has 0 bridgehead atoms. The summed E-state index contributed by atoms with van der Waals surface area (Å²) in [6.07, 6.45) is 1.72. The van der Waals surface area contributed by atoms with Crippen LogP contribution in [0.15, 0.2) is 47.5 Å². The van der Waals surface area contributed by atoms with Crippen molar-refractivity contribution in [2.45, 2.75) is 4.90 Å². The van der Waals surface area contributed by atoms with Crippen LogP contribution in [0, 0.1) is 0 Å². The molecule has 0 fully saturated rings. The van der Waals surface area contributed by atoms with Crippen LogP contribution in [0.25, 0.3) is 22.0 Å². The monoisotopic (exact) mass is 227 g/mol. The van der Waals surface area contributed by atoms with E-state index in [4.69, 9.17) is 0 Å². The highest BCUT2D eigenvalue weighted by molar-refractivity contribution is 7.80. The summed E-state index contributed by atoms with van der Waals surface area (Å²) in [6, 6.07) is 12.2. The van der Waals surface area contributed by atoms with E-state index in [0.717, 1.165) is 26.9 Å².